The number of aryl methyl sites for hydroxylation is 2. The number of rotatable bonds is 5. The number of aromatic nitrogens is 2. The van der Waals surface area contributed by atoms with Crippen molar-refractivity contribution in [3.63, 3.8) is 0 Å². The SMILES string of the molecule is O=c1c2c3c(sc2nc(SCC=Cc2ccccc2)n1-c1ccc(Br)cc1)CCCC3. The Labute approximate surface area is 198 Å². The summed E-state index contributed by atoms with van der Waals surface area (Å²) in [4.78, 5) is 20.9. The summed E-state index contributed by atoms with van der Waals surface area (Å²) >= 11 is 6.80. The molecule has 3 nitrogen and oxygen atoms in total. The molecule has 4 aromatic rings. The number of nitrogens with zero attached hydrogens (tertiary/aromatic N) is 2. The van der Waals surface area contributed by atoms with Crippen LogP contribution < -0.4 is 5.56 Å². The summed E-state index contributed by atoms with van der Waals surface area (Å²) in [6.07, 6.45) is 8.64. The monoisotopic (exact) mass is 508 g/mol. The van der Waals surface area contributed by atoms with Crippen LogP contribution in [0.15, 0.2) is 75.1 Å². The van der Waals surface area contributed by atoms with Crippen molar-refractivity contribution < 1.29 is 0 Å². The Hall–Kier alpha value is -2.15. The standard InChI is InChI=1S/C25H21BrN2OS2/c26-18-12-14-19(15-13-18)28-24(29)22-20-10-4-5-11-21(20)31-23(22)27-25(28)30-16-6-9-17-7-2-1-3-8-17/h1-3,6-9,12-15H,4-5,10-11,16H2. The van der Waals surface area contributed by atoms with Crippen LogP contribution in [0.1, 0.15) is 28.8 Å². The van der Waals surface area contributed by atoms with Crippen molar-refractivity contribution in [1.29, 1.82) is 0 Å². The van der Waals surface area contributed by atoms with Gasteiger partial charge in [0.15, 0.2) is 5.16 Å². The van der Waals surface area contributed by atoms with Gasteiger partial charge in [0.05, 0.1) is 11.1 Å². The predicted molar refractivity (Wildman–Crippen MR) is 136 cm³/mol. The van der Waals surface area contributed by atoms with Crippen LogP contribution >= 0.6 is 39.0 Å². The van der Waals surface area contributed by atoms with Gasteiger partial charge in [0.25, 0.3) is 5.56 Å². The molecule has 2 aromatic heterocycles. The highest BCUT2D eigenvalue weighted by Gasteiger charge is 2.22. The lowest BCUT2D eigenvalue weighted by Crippen LogP contribution is -2.22. The number of thiophene rings is 1. The molecule has 0 amide bonds. The highest BCUT2D eigenvalue weighted by Crippen LogP contribution is 2.35. The molecule has 0 atom stereocenters. The second kappa shape index (κ2) is 9.15. The first-order valence-electron chi connectivity index (χ1n) is 10.4. The summed E-state index contributed by atoms with van der Waals surface area (Å²) in [5.41, 5.74) is 3.31. The van der Waals surface area contributed by atoms with Crippen LogP contribution in [0.3, 0.4) is 0 Å². The zero-order valence-corrected chi connectivity index (χ0v) is 20.1. The fourth-order valence-corrected chi connectivity index (χ4v) is 6.36. The molecule has 0 saturated carbocycles. The molecule has 0 radical (unpaired) electrons. The van der Waals surface area contributed by atoms with Gasteiger partial charge in [0, 0.05) is 15.1 Å². The molecule has 2 heterocycles. The summed E-state index contributed by atoms with van der Waals surface area (Å²) in [5, 5.41) is 1.57. The average molecular weight is 509 g/mol. The summed E-state index contributed by atoms with van der Waals surface area (Å²) in [5.74, 6) is 0.745. The van der Waals surface area contributed by atoms with Crippen molar-refractivity contribution in [2.75, 3.05) is 5.75 Å². The first-order valence-corrected chi connectivity index (χ1v) is 13.0. The second-order valence-electron chi connectivity index (χ2n) is 7.53. The molecule has 2 aromatic carbocycles. The Morgan fingerprint density at radius 1 is 1.06 bits per heavy atom. The maximum absolute atomic E-state index is 13.7. The van der Waals surface area contributed by atoms with Gasteiger partial charge in [-0.1, -0.05) is 70.2 Å². The molecule has 0 fully saturated rings. The minimum Gasteiger partial charge on any atom is -0.268 e. The Bertz CT molecular complexity index is 1310. The molecule has 0 bridgehead atoms. The molecule has 156 valence electrons. The Balaban J connectivity index is 1.57. The third kappa shape index (κ3) is 4.29. The normalized spacial score (nSPS) is 13.7. The van der Waals surface area contributed by atoms with Gasteiger partial charge in [-0.15, -0.1) is 11.3 Å². The van der Waals surface area contributed by atoms with Gasteiger partial charge in [-0.25, -0.2) is 4.98 Å². The molecule has 1 aliphatic rings. The molecule has 6 heteroatoms. The van der Waals surface area contributed by atoms with Gasteiger partial charge in [-0.3, -0.25) is 9.36 Å². The number of benzene rings is 2. The minimum atomic E-state index is 0.0567. The number of thioether (sulfide) groups is 1. The number of hydrogen-bond acceptors (Lipinski definition) is 4. The molecule has 31 heavy (non-hydrogen) atoms. The summed E-state index contributed by atoms with van der Waals surface area (Å²) in [6.45, 7) is 0. The van der Waals surface area contributed by atoms with Crippen LogP contribution in [0.5, 0.6) is 0 Å². The third-order valence-corrected chi connectivity index (χ3v) is 8.07. The lowest BCUT2D eigenvalue weighted by molar-refractivity contribution is 0.699. The van der Waals surface area contributed by atoms with E-state index in [1.165, 1.54) is 22.4 Å². The lowest BCUT2D eigenvalue weighted by Gasteiger charge is -2.13. The number of hydrogen-bond donors (Lipinski definition) is 0. The molecule has 0 N–H and O–H groups in total. The van der Waals surface area contributed by atoms with E-state index < -0.39 is 0 Å². The van der Waals surface area contributed by atoms with Crippen molar-refractivity contribution >= 4 is 55.3 Å². The minimum absolute atomic E-state index is 0.0567. The number of halogens is 1. The topological polar surface area (TPSA) is 34.9 Å². The Morgan fingerprint density at radius 2 is 1.84 bits per heavy atom. The van der Waals surface area contributed by atoms with Crippen LogP contribution in [0.25, 0.3) is 22.0 Å². The molecule has 0 spiro atoms. The lowest BCUT2D eigenvalue weighted by atomic mass is 9.97. The van der Waals surface area contributed by atoms with E-state index in [9.17, 15) is 4.79 Å². The van der Waals surface area contributed by atoms with Crippen LogP contribution in [0.4, 0.5) is 0 Å². The summed E-state index contributed by atoms with van der Waals surface area (Å²) in [6, 6.07) is 18.1. The smallest absolute Gasteiger partial charge is 0.267 e. The van der Waals surface area contributed by atoms with Gasteiger partial charge in [-0.05, 0) is 61.1 Å². The van der Waals surface area contributed by atoms with Crippen LogP contribution in [0, 0.1) is 0 Å². The van der Waals surface area contributed by atoms with Crippen molar-refractivity contribution in [2.45, 2.75) is 30.8 Å². The van der Waals surface area contributed by atoms with E-state index in [0.717, 1.165) is 50.5 Å². The van der Waals surface area contributed by atoms with E-state index >= 15 is 0 Å². The molecule has 0 aliphatic heterocycles. The summed E-state index contributed by atoms with van der Waals surface area (Å²) in [7, 11) is 0. The predicted octanol–water partition coefficient (Wildman–Crippen LogP) is 6.89. The van der Waals surface area contributed by atoms with Crippen LogP contribution in [-0.4, -0.2) is 15.3 Å². The zero-order valence-electron chi connectivity index (χ0n) is 16.9. The van der Waals surface area contributed by atoms with E-state index in [-0.39, 0.29) is 5.56 Å². The highest BCUT2D eigenvalue weighted by atomic mass is 79.9. The first kappa shape index (κ1) is 20.7. The molecular formula is C25H21BrN2OS2. The van der Waals surface area contributed by atoms with E-state index in [4.69, 9.17) is 4.98 Å². The first-order chi connectivity index (χ1) is 15.2. The fraction of sp³-hybridized carbons (Fsp3) is 0.200. The van der Waals surface area contributed by atoms with Crippen molar-refractivity contribution in [1.82, 2.24) is 9.55 Å². The van der Waals surface area contributed by atoms with E-state index in [0.29, 0.717) is 0 Å². The Kier molecular flexibility index (Phi) is 6.12. The maximum atomic E-state index is 13.7. The molecule has 0 saturated heterocycles. The zero-order chi connectivity index (χ0) is 21.2. The average Bonchev–Trinajstić information content (AvgIpc) is 3.17. The van der Waals surface area contributed by atoms with Gasteiger partial charge in [-0.2, -0.15) is 0 Å². The molecule has 0 unspecified atom stereocenters. The van der Waals surface area contributed by atoms with Crippen molar-refractivity contribution in [2.24, 2.45) is 0 Å². The van der Waals surface area contributed by atoms with Crippen molar-refractivity contribution in [3.05, 3.63) is 91.5 Å². The molecule has 1 aliphatic carbocycles. The van der Waals surface area contributed by atoms with Gasteiger partial charge in [0.2, 0.25) is 0 Å². The van der Waals surface area contributed by atoms with Gasteiger partial charge in [0.1, 0.15) is 4.83 Å². The summed E-state index contributed by atoms with van der Waals surface area (Å²) < 4.78 is 2.78. The van der Waals surface area contributed by atoms with Crippen LogP contribution in [0.2, 0.25) is 0 Å². The Morgan fingerprint density at radius 3 is 2.65 bits per heavy atom. The van der Waals surface area contributed by atoms with E-state index in [1.807, 2.05) is 42.5 Å². The number of fused-ring (bicyclic) bond motifs is 3. The van der Waals surface area contributed by atoms with E-state index in [2.05, 4.69) is 40.2 Å². The fourth-order valence-electron chi connectivity index (χ4n) is 3.97. The maximum Gasteiger partial charge on any atom is 0.267 e. The van der Waals surface area contributed by atoms with Gasteiger partial charge < -0.3 is 0 Å². The van der Waals surface area contributed by atoms with E-state index in [1.54, 1.807) is 27.7 Å². The largest absolute Gasteiger partial charge is 0.268 e. The van der Waals surface area contributed by atoms with Crippen molar-refractivity contribution in [3.8, 4) is 5.69 Å². The quantitative estimate of drug-likeness (QED) is 0.217. The van der Waals surface area contributed by atoms with Gasteiger partial charge >= 0.3 is 0 Å². The third-order valence-electron chi connectivity index (χ3n) is 5.46. The second-order valence-corrected chi connectivity index (χ2v) is 10.5. The molecular weight excluding hydrogens is 488 g/mol. The highest BCUT2D eigenvalue weighted by molar-refractivity contribution is 9.10. The molecule has 5 rings (SSSR count). The van der Waals surface area contributed by atoms with Crippen LogP contribution in [-0.2, 0) is 12.8 Å².